The first-order valence-corrected chi connectivity index (χ1v) is 6.70. The van der Waals surface area contributed by atoms with Crippen molar-refractivity contribution < 1.29 is 18.3 Å². The molecule has 20 heavy (non-hydrogen) atoms. The molecule has 5 heteroatoms. The third-order valence-electron chi connectivity index (χ3n) is 3.56. The zero-order chi connectivity index (χ0) is 15.6. The van der Waals surface area contributed by atoms with Gasteiger partial charge in [0.15, 0.2) is 0 Å². The summed E-state index contributed by atoms with van der Waals surface area (Å²) in [6.45, 7) is 7.88. The number of nitrogens with one attached hydrogen (secondary N) is 1. The molecule has 0 spiro atoms. The summed E-state index contributed by atoms with van der Waals surface area (Å²) >= 11 is 0. The highest BCUT2D eigenvalue weighted by atomic mass is 19.4. The molecule has 1 rings (SSSR count). The smallest absolute Gasteiger partial charge is 0.387 e. The van der Waals surface area contributed by atoms with Crippen molar-refractivity contribution >= 4 is 0 Å². The van der Waals surface area contributed by atoms with Crippen molar-refractivity contribution in [1.29, 1.82) is 0 Å². The van der Waals surface area contributed by atoms with Crippen LogP contribution >= 0.6 is 0 Å². The van der Waals surface area contributed by atoms with Gasteiger partial charge in [0.05, 0.1) is 11.7 Å². The van der Waals surface area contributed by atoms with Crippen LogP contribution in [0.4, 0.5) is 13.2 Å². The molecule has 0 bridgehead atoms. The van der Waals surface area contributed by atoms with Gasteiger partial charge in [-0.2, -0.15) is 13.2 Å². The molecular weight excluding hydrogens is 267 g/mol. The molecule has 2 N–H and O–H groups in total. The van der Waals surface area contributed by atoms with Crippen molar-refractivity contribution in [2.45, 2.75) is 58.0 Å². The molecule has 2 nitrogen and oxygen atoms in total. The fraction of sp³-hybridized carbons (Fsp3) is 0.600. The number of alkyl halides is 3. The van der Waals surface area contributed by atoms with E-state index < -0.39 is 17.8 Å². The van der Waals surface area contributed by atoms with Crippen LogP contribution in [0, 0.1) is 0 Å². The highest BCUT2D eigenvalue weighted by molar-refractivity contribution is 5.26. The second-order valence-electron chi connectivity index (χ2n) is 5.74. The molecular formula is C15H22F3NO. The minimum Gasteiger partial charge on any atom is -0.387 e. The van der Waals surface area contributed by atoms with Crippen molar-refractivity contribution in [3.63, 3.8) is 0 Å². The molecule has 0 aliphatic heterocycles. The van der Waals surface area contributed by atoms with Gasteiger partial charge < -0.3 is 10.4 Å². The molecule has 0 fully saturated rings. The molecule has 2 atom stereocenters. The molecule has 0 aliphatic carbocycles. The van der Waals surface area contributed by atoms with Crippen molar-refractivity contribution in [1.82, 2.24) is 5.32 Å². The van der Waals surface area contributed by atoms with E-state index in [0.717, 1.165) is 18.6 Å². The zero-order valence-corrected chi connectivity index (χ0v) is 12.3. The summed E-state index contributed by atoms with van der Waals surface area (Å²) in [6.07, 6.45) is -4.31. The van der Waals surface area contributed by atoms with Gasteiger partial charge in [-0.1, -0.05) is 19.1 Å². The fourth-order valence-electron chi connectivity index (χ4n) is 1.96. The van der Waals surface area contributed by atoms with Gasteiger partial charge in [0.25, 0.3) is 0 Å². The molecule has 1 aromatic rings. The predicted molar refractivity (Wildman–Crippen MR) is 73.4 cm³/mol. The first-order valence-electron chi connectivity index (χ1n) is 6.70. The van der Waals surface area contributed by atoms with Crippen LogP contribution < -0.4 is 5.32 Å². The normalized spacial score (nSPS) is 16.0. The van der Waals surface area contributed by atoms with Crippen LogP contribution in [-0.4, -0.2) is 16.7 Å². The van der Waals surface area contributed by atoms with E-state index in [9.17, 15) is 18.3 Å². The maximum atomic E-state index is 12.5. The van der Waals surface area contributed by atoms with E-state index in [-0.39, 0.29) is 11.6 Å². The molecule has 0 amide bonds. The molecule has 1 aromatic carbocycles. The summed E-state index contributed by atoms with van der Waals surface area (Å²) in [5, 5.41) is 13.5. The lowest BCUT2D eigenvalue weighted by atomic mass is 9.96. The van der Waals surface area contributed by atoms with Gasteiger partial charge in [0.1, 0.15) is 0 Å². The number of benzene rings is 1. The van der Waals surface area contributed by atoms with Crippen molar-refractivity contribution in [2.24, 2.45) is 0 Å². The van der Waals surface area contributed by atoms with Crippen LogP contribution in [-0.2, 0) is 6.18 Å². The summed E-state index contributed by atoms with van der Waals surface area (Å²) in [4.78, 5) is 0. The number of aliphatic hydroxyl groups is 1. The van der Waals surface area contributed by atoms with Gasteiger partial charge in [-0.15, -0.1) is 0 Å². The Balaban J connectivity index is 2.80. The molecule has 114 valence electrons. The largest absolute Gasteiger partial charge is 0.416 e. The second-order valence-corrected chi connectivity index (χ2v) is 5.74. The highest BCUT2D eigenvalue weighted by Gasteiger charge is 2.30. The Morgan fingerprint density at radius 1 is 1.15 bits per heavy atom. The number of rotatable bonds is 5. The minimum atomic E-state index is -4.35. The Kier molecular flexibility index (Phi) is 5.21. The Morgan fingerprint density at radius 3 is 2.05 bits per heavy atom. The van der Waals surface area contributed by atoms with E-state index in [1.807, 2.05) is 27.7 Å². The van der Waals surface area contributed by atoms with E-state index in [1.165, 1.54) is 12.1 Å². The first kappa shape index (κ1) is 17.0. The van der Waals surface area contributed by atoms with E-state index in [2.05, 4.69) is 5.32 Å². The molecule has 0 unspecified atom stereocenters. The minimum absolute atomic E-state index is 0.133. The maximum absolute atomic E-state index is 12.5. The Hall–Kier alpha value is -1.07. The van der Waals surface area contributed by atoms with Crippen LogP contribution in [0.3, 0.4) is 0 Å². The molecule has 0 saturated heterocycles. The van der Waals surface area contributed by atoms with Crippen LogP contribution in [0.5, 0.6) is 0 Å². The van der Waals surface area contributed by atoms with Gasteiger partial charge in [-0.05, 0) is 44.9 Å². The third kappa shape index (κ3) is 4.49. The predicted octanol–water partition coefficient (Wildman–Crippen LogP) is 3.91. The SMILES string of the molecule is CCC(C)(C)N[C@H](C)[C@H](O)c1ccc(C(F)(F)F)cc1. The Bertz CT molecular complexity index is 426. The molecule has 0 saturated carbocycles. The summed E-state index contributed by atoms with van der Waals surface area (Å²) in [7, 11) is 0. The van der Waals surface area contributed by atoms with Crippen molar-refractivity contribution in [3.05, 3.63) is 35.4 Å². The van der Waals surface area contributed by atoms with E-state index in [0.29, 0.717) is 5.56 Å². The number of aliphatic hydroxyl groups excluding tert-OH is 1. The average Bonchev–Trinajstić information content (AvgIpc) is 2.36. The lowest BCUT2D eigenvalue weighted by molar-refractivity contribution is -0.137. The van der Waals surface area contributed by atoms with Gasteiger partial charge in [-0.25, -0.2) is 0 Å². The molecule has 0 heterocycles. The number of hydrogen-bond donors (Lipinski definition) is 2. The monoisotopic (exact) mass is 289 g/mol. The number of halogens is 3. The van der Waals surface area contributed by atoms with Gasteiger partial charge >= 0.3 is 6.18 Å². The van der Waals surface area contributed by atoms with E-state index in [4.69, 9.17) is 0 Å². The van der Waals surface area contributed by atoms with Crippen molar-refractivity contribution in [3.8, 4) is 0 Å². The van der Waals surface area contributed by atoms with Crippen LogP contribution in [0.25, 0.3) is 0 Å². The highest BCUT2D eigenvalue weighted by Crippen LogP contribution is 2.30. The van der Waals surface area contributed by atoms with Gasteiger partial charge in [-0.3, -0.25) is 0 Å². The Morgan fingerprint density at radius 2 is 1.65 bits per heavy atom. The van der Waals surface area contributed by atoms with Crippen molar-refractivity contribution in [2.75, 3.05) is 0 Å². The summed E-state index contributed by atoms with van der Waals surface area (Å²) in [6, 6.07) is 4.39. The lowest BCUT2D eigenvalue weighted by Gasteiger charge is -2.31. The summed E-state index contributed by atoms with van der Waals surface area (Å²) in [5.41, 5.74) is -0.361. The molecule has 0 radical (unpaired) electrons. The first-order chi connectivity index (χ1) is 9.07. The summed E-state index contributed by atoms with van der Waals surface area (Å²) in [5.74, 6) is 0. The quantitative estimate of drug-likeness (QED) is 0.861. The third-order valence-corrected chi connectivity index (χ3v) is 3.56. The van der Waals surface area contributed by atoms with Crippen LogP contribution in [0.2, 0.25) is 0 Å². The van der Waals surface area contributed by atoms with Gasteiger partial charge in [0.2, 0.25) is 0 Å². The fourth-order valence-corrected chi connectivity index (χ4v) is 1.96. The second kappa shape index (κ2) is 6.14. The Labute approximate surface area is 118 Å². The topological polar surface area (TPSA) is 32.3 Å². The van der Waals surface area contributed by atoms with Gasteiger partial charge in [0, 0.05) is 11.6 Å². The molecule has 0 aromatic heterocycles. The zero-order valence-electron chi connectivity index (χ0n) is 12.3. The van der Waals surface area contributed by atoms with Crippen LogP contribution in [0.15, 0.2) is 24.3 Å². The summed E-state index contributed by atoms with van der Waals surface area (Å²) < 4.78 is 37.4. The van der Waals surface area contributed by atoms with E-state index in [1.54, 1.807) is 0 Å². The lowest BCUT2D eigenvalue weighted by Crippen LogP contribution is -2.46. The standard InChI is InChI=1S/C15H22F3NO/c1-5-14(3,4)19-10(2)13(20)11-6-8-12(9-7-11)15(16,17)18/h6-10,13,19-20H,5H2,1-4H3/t10-,13+/m1/s1. The van der Waals surface area contributed by atoms with E-state index >= 15 is 0 Å². The maximum Gasteiger partial charge on any atom is 0.416 e. The number of hydrogen-bond acceptors (Lipinski definition) is 2. The molecule has 0 aliphatic rings. The average molecular weight is 289 g/mol. The van der Waals surface area contributed by atoms with Crippen LogP contribution in [0.1, 0.15) is 51.3 Å².